The van der Waals surface area contributed by atoms with E-state index in [1.807, 2.05) is 23.1 Å². The van der Waals surface area contributed by atoms with Crippen LogP contribution in [0, 0.1) is 5.92 Å². The van der Waals surface area contributed by atoms with Crippen LogP contribution in [0.15, 0.2) is 24.3 Å². The van der Waals surface area contributed by atoms with Crippen molar-refractivity contribution in [2.75, 3.05) is 27.3 Å². The lowest BCUT2D eigenvalue weighted by Crippen LogP contribution is -2.43. The normalized spacial score (nSPS) is 19.8. The first-order chi connectivity index (χ1) is 10.6. The third-order valence-electron chi connectivity index (χ3n) is 4.35. The zero-order valence-corrected chi connectivity index (χ0v) is 13.9. The van der Waals surface area contributed by atoms with E-state index in [1.54, 1.807) is 14.2 Å². The van der Waals surface area contributed by atoms with Crippen LogP contribution in [0.25, 0.3) is 0 Å². The predicted octanol–water partition coefficient (Wildman–Crippen LogP) is 2.90. The van der Waals surface area contributed by atoms with Crippen molar-refractivity contribution in [3.8, 4) is 5.75 Å². The monoisotopic (exact) mass is 305 g/mol. The molecule has 1 aromatic carbocycles. The fraction of sp³-hybridized carbons (Fsp3) is 0.611. The maximum absolute atomic E-state index is 12.5. The van der Waals surface area contributed by atoms with Gasteiger partial charge in [-0.05, 0) is 36.8 Å². The molecule has 0 N–H and O–H groups in total. The number of methoxy groups -OCH3 is 2. The maximum Gasteiger partial charge on any atom is 0.222 e. The summed E-state index contributed by atoms with van der Waals surface area (Å²) < 4.78 is 10.8. The van der Waals surface area contributed by atoms with E-state index in [4.69, 9.17) is 9.47 Å². The van der Waals surface area contributed by atoms with Crippen molar-refractivity contribution in [1.29, 1.82) is 0 Å². The molecule has 1 fully saturated rings. The fourth-order valence-corrected chi connectivity index (χ4v) is 3.10. The molecule has 0 aliphatic carbocycles. The highest BCUT2D eigenvalue weighted by atomic mass is 16.5. The van der Waals surface area contributed by atoms with E-state index >= 15 is 0 Å². The molecule has 0 radical (unpaired) electrons. The summed E-state index contributed by atoms with van der Waals surface area (Å²) in [6.07, 6.45) is 3.72. The van der Waals surface area contributed by atoms with Crippen LogP contribution < -0.4 is 4.74 Å². The van der Waals surface area contributed by atoms with E-state index in [9.17, 15) is 4.79 Å². The van der Waals surface area contributed by atoms with Crippen LogP contribution in [0.2, 0.25) is 0 Å². The van der Waals surface area contributed by atoms with Crippen LogP contribution in [-0.2, 0) is 16.0 Å². The van der Waals surface area contributed by atoms with Gasteiger partial charge < -0.3 is 14.4 Å². The van der Waals surface area contributed by atoms with Crippen molar-refractivity contribution in [1.82, 2.24) is 4.90 Å². The molecule has 4 nitrogen and oxygen atoms in total. The minimum absolute atomic E-state index is 0.197. The second-order valence-corrected chi connectivity index (χ2v) is 6.16. The van der Waals surface area contributed by atoms with Crippen molar-refractivity contribution in [3.05, 3.63) is 29.8 Å². The van der Waals surface area contributed by atoms with Crippen molar-refractivity contribution >= 4 is 5.91 Å². The maximum atomic E-state index is 12.5. The Labute approximate surface area is 133 Å². The molecule has 0 bridgehead atoms. The highest BCUT2D eigenvalue weighted by molar-refractivity contribution is 5.76. The Morgan fingerprint density at radius 3 is 2.86 bits per heavy atom. The van der Waals surface area contributed by atoms with Gasteiger partial charge in [-0.3, -0.25) is 4.79 Å². The number of para-hydroxylation sites is 1. The lowest BCUT2D eigenvalue weighted by Gasteiger charge is -2.32. The van der Waals surface area contributed by atoms with E-state index in [2.05, 4.69) is 13.0 Å². The SMILES string of the molecule is COc1ccccc1C[C@H](C)CC(=O)N1CCC[C@H](OC)C1. The average Bonchev–Trinajstić information content (AvgIpc) is 2.55. The Bertz CT molecular complexity index is 489. The predicted molar refractivity (Wildman–Crippen MR) is 87.1 cm³/mol. The smallest absolute Gasteiger partial charge is 0.222 e. The van der Waals surface area contributed by atoms with Gasteiger partial charge in [0, 0.05) is 26.6 Å². The van der Waals surface area contributed by atoms with Gasteiger partial charge in [0.2, 0.25) is 5.91 Å². The molecule has 22 heavy (non-hydrogen) atoms. The van der Waals surface area contributed by atoms with Gasteiger partial charge in [-0.2, -0.15) is 0 Å². The molecule has 2 rings (SSSR count). The third kappa shape index (κ3) is 4.47. The molecule has 1 amide bonds. The molecule has 2 atom stereocenters. The number of benzene rings is 1. The number of hydrogen-bond donors (Lipinski definition) is 0. The van der Waals surface area contributed by atoms with Crippen LogP contribution >= 0.6 is 0 Å². The summed E-state index contributed by atoms with van der Waals surface area (Å²) in [5.41, 5.74) is 1.17. The summed E-state index contributed by atoms with van der Waals surface area (Å²) in [6.45, 7) is 3.72. The highest BCUT2D eigenvalue weighted by Gasteiger charge is 2.24. The first kappa shape index (κ1) is 16.8. The second-order valence-electron chi connectivity index (χ2n) is 6.16. The van der Waals surface area contributed by atoms with Gasteiger partial charge in [-0.15, -0.1) is 0 Å². The van der Waals surface area contributed by atoms with Crippen LogP contribution in [0.5, 0.6) is 5.75 Å². The van der Waals surface area contributed by atoms with Gasteiger partial charge in [0.25, 0.3) is 0 Å². The Hall–Kier alpha value is -1.55. The first-order valence-electron chi connectivity index (χ1n) is 8.06. The topological polar surface area (TPSA) is 38.8 Å². The fourth-order valence-electron chi connectivity index (χ4n) is 3.10. The molecule has 0 unspecified atom stereocenters. The highest BCUT2D eigenvalue weighted by Crippen LogP contribution is 2.23. The van der Waals surface area contributed by atoms with E-state index in [1.165, 1.54) is 5.56 Å². The van der Waals surface area contributed by atoms with Crippen molar-refractivity contribution in [3.63, 3.8) is 0 Å². The number of hydrogen-bond acceptors (Lipinski definition) is 3. The molecule has 1 saturated heterocycles. The Balaban J connectivity index is 1.88. The summed E-state index contributed by atoms with van der Waals surface area (Å²) in [5, 5.41) is 0. The van der Waals surface area contributed by atoms with Crippen LogP contribution in [0.1, 0.15) is 31.7 Å². The third-order valence-corrected chi connectivity index (χ3v) is 4.35. The molecule has 122 valence electrons. The molecular weight excluding hydrogens is 278 g/mol. The zero-order valence-electron chi connectivity index (χ0n) is 13.9. The quantitative estimate of drug-likeness (QED) is 0.811. The van der Waals surface area contributed by atoms with Gasteiger partial charge in [0.05, 0.1) is 13.2 Å². The van der Waals surface area contributed by atoms with Gasteiger partial charge >= 0.3 is 0 Å². The molecular formula is C18H27NO3. The molecule has 1 aliphatic rings. The average molecular weight is 305 g/mol. The van der Waals surface area contributed by atoms with Gasteiger partial charge in [0.1, 0.15) is 5.75 Å². The number of carbonyl (C=O) groups is 1. The van der Waals surface area contributed by atoms with Crippen LogP contribution in [0.3, 0.4) is 0 Å². The molecule has 1 heterocycles. The first-order valence-corrected chi connectivity index (χ1v) is 8.06. The van der Waals surface area contributed by atoms with Crippen molar-refractivity contribution in [2.24, 2.45) is 5.92 Å². The number of amides is 1. The number of likely N-dealkylation sites (tertiary alicyclic amines) is 1. The largest absolute Gasteiger partial charge is 0.496 e. The molecule has 0 saturated carbocycles. The number of piperidine rings is 1. The molecule has 0 aromatic heterocycles. The Kier molecular flexibility index (Phi) is 6.25. The van der Waals surface area contributed by atoms with E-state index < -0.39 is 0 Å². The Morgan fingerprint density at radius 1 is 1.36 bits per heavy atom. The molecule has 1 aliphatic heterocycles. The summed E-state index contributed by atoms with van der Waals surface area (Å²) >= 11 is 0. The van der Waals surface area contributed by atoms with Crippen molar-refractivity contribution in [2.45, 2.75) is 38.7 Å². The van der Waals surface area contributed by atoms with Gasteiger partial charge in [-0.25, -0.2) is 0 Å². The van der Waals surface area contributed by atoms with Gasteiger partial charge in [0.15, 0.2) is 0 Å². The lowest BCUT2D eigenvalue weighted by molar-refractivity contribution is -0.135. The minimum atomic E-state index is 0.197. The molecule has 4 heteroatoms. The van der Waals surface area contributed by atoms with Gasteiger partial charge in [-0.1, -0.05) is 25.1 Å². The number of rotatable bonds is 6. The van der Waals surface area contributed by atoms with E-state index in [0.717, 1.165) is 38.1 Å². The van der Waals surface area contributed by atoms with Crippen LogP contribution in [-0.4, -0.2) is 44.2 Å². The molecule has 1 aromatic rings. The van der Waals surface area contributed by atoms with Crippen LogP contribution in [0.4, 0.5) is 0 Å². The molecule has 0 spiro atoms. The summed E-state index contributed by atoms with van der Waals surface area (Å²) in [4.78, 5) is 14.4. The van der Waals surface area contributed by atoms with Crippen molar-refractivity contribution < 1.29 is 14.3 Å². The van der Waals surface area contributed by atoms with E-state index in [-0.39, 0.29) is 12.0 Å². The summed E-state index contributed by atoms with van der Waals surface area (Å²) in [6, 6.07) is 8.02. The number of ether oxygens (including phenoxy) is 2. The standard InChI is InChI=1S/C18H27NO3/c1-14(11-15-7-4-5-9-17(15)22-3)12-18(20)19-10-6-8-16(13-19)21-2/h4-5,7,9,14,16H,6,8,10-13H2,1-3H3/t14-,16-/m0/s1. The second kappa shape index (κ2) is 8.18. The summed E-state index contributed by atoms with van der Waals surface area (Å²) in [7, 11) is 3.41. The zero-order chi connectivity index (χ0) is 15.9. The number of nitrogens with zero attached hydrogens (tertiary/aromatic N) is 1. The minimum Gasteiger partial charge on any atom is -0.496 e. The summed E-state index contributed by atoms with van der Waals surface area (Å²) in [5.74, 6) is 1.44. The van der Waals surface area contributed by atoms with E-state index in [0.29, 0.717) is 12.3 Å². The number of carbonyl (C=O) groups excluding carboxylic acids is 1. The Morgan fingerprint density at radius 2 is 2.14 bits per heavy atom. The lowest BCUT2D eigenvalue weighted by atomic mass is 9.96.